The number of benzene rings is 2. The van der Waals surface area contributed by atoms with Crippen molar-refractivity contribution in [2.75, 3.05) is 5.32 Å². The van der Waals surface area contributed by atoms with Crippen LogP contribution < -0.4 is 5.32 Å². The molecule has 0 atom stereocenters. The molecule has 2 aromatic rings. The quantitative estimate of drug-likeness (QED) is 0.763. The number of amides is 1. The number of carbonyl (C=O) groups is 2. The summed E-state index contributed by atoms with van der Waals surface area (Å²) in [4.78, 5) is 24.1. The third-order valence-electron chi connectivity index (χ3n) is 3.81. The smallest absolute Gasteiger partial charge is 0.224 e. The molecule has 0 saturated carbocycles. The Morgan fingerprint density at radius 1 is 0.957 bits per heavy atom. The van der Waals surface area contributed by atoms with Crippen LogP contribution in [0.3, 0.4) is 0 Å². The lowest BCUT2D eigenvalue weighted by Gasteiger charge is -2.08. The zero-order valence-corrected chi connectivity index (χ0v) is 13.8. The molecule has 0 aliphatic heterocycles. The minimum absolute atomic E-state index is 0.00739. The summed E-state index contributed by atoms with van der Waals surface area (Å²) in [6.45, 7) is 4.07. The molecular weight excluding hydrogens is 286 g/mol. The lowest BCUT2D eigenvalue weighted by Crippen LogP contribution is -2.14. The molecule has 0 aromatic heterocycles. The summed E-state index contributed by atoms with van der Waals surface area (Å²) in [5.41, 5.74) is 3.72. The number of hydrogen-bond donors (Lipinski definition) is 1. The predicted octanol–water partition coefficient (Wildman–Crippen LogP) is 4.55. The van der Waals surface area contributed by atoms with Crippen molar-refractivity contribution in [3.63, 3.8) is 0 Å². The molecule has 3 nitrogen and oxygen atoms in total. The Kier molecular flexibility index (Phi) is 6.10. The van der Waals surface area contributed by atoms with E-state index in [1.807, 2.05) is 55.5 Å². The van der Waals surface area contributed by atoms with Crippen LogP contribution >= 0.6 is 0 Å². The first-order valence-corrected chi connectivity index (χ1v) is 8.07. The maximum atomic E-state index is 12.2. The maximum Gasteiger partial charge on any atom is 0.224 e. The second kappa shape index (κ2) is 8.28. The van der Waals surface area contributed by atoms with Gasteiger partial charge < -0.3 is 5.32 Å². The molecule has 2 aromatic carbocycles. The van der Waals surface area contributed by atoms with Gasteiger partial charge in [-0.15, -0.1) is 0 Å². The molecule has 0 aliphatic carbocycles. The lowest BCUT2D eigenvalue weighted by atomic mass is 10.0. The lowest BCUT2D eigenvalue weighted by molar-refractivity contribution is -0.116. The fourth-order valence-electron chi connectivity index (χ4n) is 2.44. The second-order valence-electron chi connectivity index (χ2n) is 5.73. The van der Waals surface area contributed by atoms with E-state index < -0.39 is 0 Å². The van der Waals surface area contributed by atoms with E-state index in [1.54, 1.807) is 0 Å². The van der Waals surface area contributed by atoms with Crippen LogP contribution in [0.1, 0.15) is 47.7 Å². The number of Topliss-reactive ketones (excluding diaryl/α,β-unsaturated/α-hetero) is 1. The molecule has 1 N–H and O–H groups in total. The SMILES string of the molecule is CCCc1ccc(C(=O)CCC(=O)Nc2ccccc2C)cc1. The fraction of sp³-hybridized carbons (Fsp3) is 0.300. The van der Waals surface area contributed by atoms with Crippen molar-refractivity contribution in [2.24, 2.45) is 0 Å². The molecule has 0 unspecified atom stereocenters. The van der Waals surface area contributed by atoms with Crippen LogP contribution in [-0.2, 0) is 11.2 Å². The van der Waals surface area contributed by atoms with E-state index in [-0.39, 0.29) is 24.5 Å². The van der Waals surface area contributed by atoms with Gasteiger partial charge >= 0.3 is 0 Å². The Labute approximate surface area is 137 Å². The van der Waals surface area contributed by atoms with E-state index in [0.717, 1.165) is 24.1 Å². The highest BCUT2D eigenvalue weighted by molar-refractivity contribution is 6.00. The van der Waals surface area contributed by atoms with E-state index in [9.17, 15) is 9.59 Å². The van der Waals surface area contributed by atoms with Crippen LogP contribution in [0.15, 0.2) is 48.5 Å². The zero-order chi connectivity index (χ0) is 16.7. The minimum Gasteiger partial charge on any atom is -0.326 e. The van der Waals surface area contributed by atoms with Crippen LogP contribution in [-0.4, -0.2) is 11.7 Å². The Morgan fingerprint density at radius 3 is 2.30 bits per heavy atom. The van der Waals surface area contributed by atoms with Crippen LogP contribution in [0.4, 0.5) is 5.69 Å². The highest BCUT2D eigenvalue weighted by Crippen LogP contribution is 2.14. The maximum absolute atomic E-state index is 12.2. The average molecular weight is 309 g/mol. The van der Waals surface area contributed by atoms with Crippen molar-refractivity contribution < 1.29 is 9.59 Å². The summed E-state index contributed by atoms with van der Waals surface area (Å²) >= 11 is 0. The number of hydrogen-bond acceptors (Lipinski definition) is 2. The predicted molar refractivity (Wildman–Crippen MR) is 93.8 cm³/mol. The summed E-state index contributed by atoms with van der Waals surface area (Å²) in [6, 6.07) is 15.3. The summed E-state index contributed by atoms with van der Waals surface area (Å²) in [6.07, 6.45) is 2.54. The van der Waals surface area contributed by atoms with Crippen molar-refractivity contribution in [3.8, 4) is 0 Å². The molecule has 0 bridgehead atoms. The van der Waals surface area contributed by atoms with E-state index in [0.29, 0.717) is 5.56 Å². The van der Waals surface area contributed by atoms with Crippen molar-refractivity contribution in [2.45, 2.75) is 39.5 Å². The molecule has 23 heavy (non-hydrogen) atoms. The molecule has 120 valence electrons. The standard InChI is InChI=1S/C20H23NO2/c1-3-6-16-9-11-17(12-10-16)19(22)13-14-20(23)21-18-8-5-4-7-15(18)2/h4-5,7-12H,3,6,13-14H2,1-2H3,(H,21,23). The van der Waals surface area contributed by atoms with Crippen molar-refractivity contribution >= 4 is 17.4 Å². The summed E-state index contributed by atoms with van der Waals surface area (Å²) in [5.74, 6) is -0.122. The molecule has 0 aliphatic rings. The molecule has 0 spiro atoms. The monoisotopic (exact) mass is 309 g/mol. The number of nitrogens with one attached hydrogen (secondary N) is 1. The van der Waals surface area contributed by atoms with Crippen molar-refractivity contribution in [1.82, 2.24) is 0 Å². The van der Waals surface area contributed by atoms with E-state index in [4.69, 9.17) is 0 Å². The third kappa shape index (κ3) is 5.06. The van der Waals surface area contributed by atoms with Gasteiger partial charge in [0, 0.05) is 24.1 Å². The van der Waals surface area contributed by atoms with Crippen LogP contribution in [0, 0.1) is 6.92 Å². The number of para-hydroxylation sites is 1. The van der Waals surface area contributed by atoms with Gasteiger partial charge in [0.15, 0.2) is 5.78 Å². The van der Waals surface area contributed by atoms with E-state index >= 15 is 0 Å². The van der Waals surface area contributed by atoms with Crippen molar-refractivity contribution in [1.29, 1.82) is 0 Å². The van der Waals surface area contributed by atoms with Gasteiger partial charge in [0.1, 0.15) is 0 Å². The molecule has 0 heterocycles. The normalized spacial score (nSPS) is 10.3. The molecular formula is C20H23NO2. The summed E-state index contributed by atoms with van der Waals surface area (Å²) in [7, 11) is 0. The zero-order valence-electron chi connectivity index (χ0n) is 13.8. The number of ketones is 1. The van der Waals surface area contributed by atoms with E-state index in [2.05, 4.69) is 12.2 Å². The summed E-state index contributed by atoms with van der Waals surface area (Å²) < 4.78 is 0. The average Bonchev–Trinajstić information content (AvgIpc) is 2.56. The topological polar surface area (TPSA) is 46.2 Å². The molecule has 0 radical (unpaired) electrons. The van der Waals surface area contributed by atoms with Gasteiger partial charge in [0.25, 0.3) is 0 Å². The summed E-state index contributed by atoms with van der Waals surface area (Å²) in [5, 5.41) is 2.85. The minimum atomic E-state index is -0.129. The first-order valence-electron chi connectivity index (χ1n) is 8.07. The number of carbonyl (C=O) groups excluding carboxylic acids is 2. The molecule has 3 heteroatoms. The Morgan fingerprint density at radius 2 is 1.65 bits per heavy atom. The van der Waals surface area contributed by atoms with Gasteiger partial charge in [-0.25, -0.2) is 0 Å². The highest BCUT2D eigenvalue weighted by Gasteiger charge is 2.10. The first kappa shape index (κ1) is 16.9. The molecule has 0 saturated heterocycles. The molecule has 2 rings (SSSR count). The Bertz CT molecular complexity index is 674. The Balaban J connectivity index is 1.86. The third-order valence-corrected chi connectivity index (χ3v) is 3.81. The van der Waals surface area contributed by atoms with Gasteiger partial charge in [0.2, 0.25) is 5.91 Å². The number of rotatable bonds is 7. The van der Waals surface area contributed by atoms with Gasteiger partial charge in [0.05, 0.1) is 0 Å². The highest BCUT2D eigenvalue weighted by atomic mass is 16.2. The van der Waals surface area contributed by atoms with Gasteiger partial charge in [-0.2, -0.15) is 0 Å². The second-order valence-corrected chi connectivity index (χ2v) is 5.73. The van der Waals surface area contributed by atoms with Gasteiger partial charge in [-0.1, -0.05) is 55.8 Å². The van der Waals surface area contributed by atoms with Crippen LogP contribution in [0.25, 0.3) is 0 Å². The van der Waals surface area contributed by atoms with Gasteiger partial charge in [-0.05, 0) is 30.5 Å². The fourth-order valence-corrected chi connectivity index (χ4v) is 2.44. The van der Waals surface area contributed by atoms with Gasteiger partial charge in [-0.3, -0.25) is 9.59 Å². The first-order chi connectivity index (χ1) is 11.1. The van der Waals surface area contributed by atoms with Crippen LogP contribution in [0.2, 0.25) is 0 Å². The number of aryl methyl sites for hydroxylation is 2. The molecule has 0 fully saturated rings. The van der Waals surface area contributed by atoms with Crippen LogP contribution in [0.5, 0.6) is 0 Å². The van der Waals surface area contributed by atoms with E-state index in [1.165, 1.54) is 5.56 Å². The number of anilines is 1. The van der Waals surface area contributed by atoms with Crippen molar-refractivity contribution in [3.05, 3.63) is 65.2 Å². The molecule has 1 amide bonds. The Hall–Kier alpha value is -2.42. The largest absolute Gasteiger partial charge is 0.326 e.